The number of hydrogen-bond donors (Lipinski definition) is 4. The third-order valence-corrected chi connectivity index (χ3v) is 6.08. The fourth-order valence-electron chi connectivity index (χ4n) is 3.88. The van der Waals surface area contributed by atoms with Gasteiger partial charge in [-0.05, 0) is 6.92 Å². The van der Waals surface area contributed by atoms with Gasteiger partial charge in [-0.3, -0.25) is 9.11 Å². The van der Waals surface area contributed by atoms with Gasteiger partial charge in [-0.15, -0.1) is 0 Å². The van der Waals surface area contributed by atoms with Crippen molar-refractivity contribution in [2.75, 3.05) is 20.3 Å². The molecule has 3 heterocycles. The number of aliphatic hydroxyl groups is 2. The van der Waals surface area contributed by atoms with Gasteiger partial charge < -0.3 is 33.9 Å². The van der Waals surface area contributed by atoms with Gasteiger partial charge in [0.15, 0.2) is 12.4 Å². The van der Waals surface area contributed by atoms with E-state index in [1.54, 1.807) is 0 Å². The molecule has 0 aromatic heterocycles. The lowest BCUT2D eigenvalue weighted by atomic mass is 9.97. The van der Waals surface area contributed by atoms with Crippen LogP contribution in [-0.4, -0.2) is 118 Å². The molecule has 3 saturated heterocycles. The summed E-state index contributed by atoms with van der Waals surface area (Å²) in [6.45, 7) is 0.734. The van der Waals surface area contributed by atoms with Gasteiger partial charge in [0.05, 0.1) is 19.3 Å². The number of rotatable bonds is 8. The smallest absolute Gasteiger partial charge is 0.394 e. The molecule has 0 radical (unpaired) electrons. The molecule has 3 rings (SSSR count). The number of hydrogen-bond acceptors (Lipinski definition) is 13. The Morgan fingerprint density at radius 2 is 1.58 bits per heavy atom. The molecule has 3 fully saturated rings. The molecular formula is C14H24O15S2. The summed E-state index contributed by atoms with van der Waals surface area (Å²) in [7, 11) is -8.81. The molecule has 0 saturated carbocycles. The van der Waals surface area contributed by atoms with Crippen molar-refractivity contribution in [2.24, 2.45) is 0 Å². The second-order valence-electron chi connectivity index (χ2n) is 7.17. The Balaban J connectivity index is 1.86. The SMILES string of the molecule is CO[C@@H]1C(OS(=O)(=O)O)[C@H](O[C@H]2C3COC2[C@H](OS(=O)(=O)O)[C@@H](C)O3)OC(CO)[C@@H]1O. The van der Waals surface area contributed by atoms with Crippen molar-refractivity contribution in [3.05, 3.63) is 0 Å². The standard InChI is InChI=1S/C14H24O15S2/c1-5-9(28-30(17,18)19)12-10(7(25-5)4-24-12)27-14-13(29-31(20,21)22)11(23-2)8(16)6(3-15)26-14/h5-16H,3-4H2,1-2H3,(H,17,18,19)(H,20,21,22)/t5-,6?,7?,8+,9-,10+,11+,12?,13?,14+/m1/s1. The fraction of sp³-hybridized carbons (Fsp3) is 1.00. The van der Waals surface area contributed by atoms with Crippen LogP contribution in [0.15, 0.2) is 0 Å². The van der Waals surface area contributed by atoms with Crippen LogP contribution >= 0.6 is 0 Å². The van der Waals surface area contributed by atoms with Gasteiger partial charge in [-0.25, -0.2) is 8.37 Å². The molecule has 4 unspecified atom stereocenters. The topological polar surface area (TPSA) is 214 Å². The van der Waals surface area contributed by atoms with Crippen molar-refractivity contribution in [3.63, 3.8) is 0 Å². The fourth-order valence-corrected chi connectivity index (χ4v) is 4.91. The maximum absolute atomic E-state index is 11.3. The predicted molar refractivity (Wildman–Crippen MR) is 94.3 cm³/mol. The van der Waals surface area contributed by atoms with E-state index in [1.165, 1.54) is 6.92 Å². The minimum Gasteiger partial charge on any atom is -0.394 e. The van der Waals surface area contributed by atoms with Crippen LogP contribution in [0.4, 0.5) is 0 Å². The van der Waals surface area contributed by atoms with E-state index in [0.29, 0.717) is 0 Å². The minimum atomic E-state index is -5.06. The maximum Gasteiger partial charge on any atom is 0.397 e. The summed E-state index contributed by atoms with van der Waals surface area (Å²) in [5, 5.41) is 19.7. The van der Waals surface area contributed by atoms with Crippen LogP contribution in [0.1, 0.15) is 6.92 Å². The van der Waals surface area contributed by atoms with Crippen LogP contribution in [-0.2, 0) is 52.8 Å². The summed E-state index contributed by atoms with van der Waals surface area (Å²) in [6, 6.07) is 0. The molecule has 0 amide bonds. The lowest BCUT2D eigenvalue weighted by molar-refractivity contribution is -0.325. The van der Waals surface area contributed by atoms with Crippen LogP contribution in [0.2, 0.25) is 0 Å². The first-order chi connectivity index (χ1) is 14.3. The van der Waals surface area contributed by atoms with E-state index in [0.717, 1.165) is 7.11 Å². The van der Waals surface area contributed by atoms with Crippen molar-refractivity contribution >= 4 is 20.8 Å². The molecule has 31 heavy (non-hydrogen) atoms. The molecular weight excluding hydrogens is 472 g/mol. The average Bonchev–Trinajstić information content (AvgIpc) is 2.94. The first kappa shape index (κ1) is 25.1. The van der Waals surface area contributed by atoms with Crippen molar-refractivity contribution in [3.8, 4) is 0 Å². The third-order valence-electron chi connectivity index (χ3n) is 5.15. The lowest BCUT2D eigenvalue weighted by Crippen LogP contribution is -2.63. The van der Waals surface area contributed by atoms with Crippen molar-refractivity contribution < 1.29 is 68.2 Å². The quantitative estimate of drug-likeness (QED) is 0.247. The highest BCUT2D eigenvalue weighted by Gasteiger charge is 2.56. The van der Waals surface area contributed by atoms with Crippen LogP contribution in [0, 0.1) is 0 Å². The second-order valence-corrected chi connectivity index (χ2v) is 9.27. The predicted octanol–water partition coefficient (Wildman–Crippen LogP) is -2.97. The minimum absolute atomic E-state index is 0.0543. The summed E-state index contributed by atoms with van der Waals surface area (Å²) in [5.74, 6) is 0. The number of methoxy groups -OCH3 is 1. The first-order valence-electron chi connectivity index (χ1n) is 9.05. The summed E-state index contributed by atoms with van der Waals surface area (Å²) >= 11 is 0. The van der Waals surface area contributed by atoms with E-state index >= 15 is 0 Å². The molecule has 17 heteroatoms. The first-order valence-corrected chi connectivity index (χ1v) is 11.8. The zero-order valence-electron chi connectivity index (χ0n) is 16.3. The van der Waals surface area contributed by atoms with Crippen molar-refractivity contribution in [1.29, 1.82) is 0 Å². The Morgan fingerprint density at radius 3 is 2.13 bits per heavy atom. The lowest BCUT2D eigenvalue weighted by Gasteiger charge is -2.45. The molecule has 0 aromatic carbocycles. The highest BCUT2D eigenvalue weighted by Crippen LogP contribution is 2.37. The molecule has 0 aromatic rings. The Bertz CT molecular complexity index is 831. The molecule has 3 aliphatic rings. The average molecular weight is 496 g/mol. The Labute approximate surface area is 178 Å². The van der Waals surface area contributed by atoms with Gasteiger partial charge in [0.25, 0.3) is 0 Å². The third kappa shape index (κ3) is 5.69. The summed E-state index contributed by atoms with van der Waals surface area (Å²) in [6.07, 6.45) is -12.7. The highest BCUT2D eigenvalue weighted by molar-refractivity contribution is 7.81. The molecule has 15 nitrogen and oxygen atoms in total. The second kappa shape index (κ2) is 9.37. The molecule has 0 aliphatic carbocycles. The van der Waals surface area contributed by atoms with Crippen LogP contribution < -0.4 is 0 Å². The number of aliphatic hydroxyl groups excluding tert-OH is 2. The highest BCUT2D eigenvalue weighted by atomic mass is 32.3. The molecule has 2 bridgehead atoms. The molecule has 10 atom stereocenters. The summed E-state index contributed by atoms with van der Waals surface area (Å²) < 4.78 is 99.7. The Hall–Kier alpha value is -0.540. The largest absolute Gasteiger partial charge is 0.397 e. The Morgan fingerprint density at radius 1 is 0.968 bits per heavy atom. The van der Waals surface area contributed by atoms with E-state index in [4.69, 9.17) is 32.8 Å². The van der Waals surface area contributed by atoms with Gasteiger partial charge >= 0.3 is 20.8 Å². The van der Waals surface area contributed by atoms with Crippen LogP contribution in [0.25, 0.3) is 0 Å². The van der Waals surface area contributed by atoms with Crippen LogP contribution in [0.5, 0.6) is 0 Å². The van der Waals surface area contributed by atoms with Gasteiger partial charge in [-0.1, -0.05) is 0 Å². The molecule has 182 valence electrons. The van der Waals surface area contributed by atoms with Gasteiger partial charge in [0, 0.05) is 7.11 Å². The Kier molecular flexibility index (Phi) is 7.58. The van der Waals surface area contributed by atoms with Gasteiger partial charge in [-0.2, -0.15) is 16.8 Å². The zero-order valence-corrected chi connectivity index (χ0v) is 17.9. The molecule has 3 aliphatic heterocycles. The van der Waals surface area contributed by atoms with Crippen LogP contribution in [0.3, 0.4) is 0 Å². The zero-order chi connectivity index (χ0) is 23.1. The molecule has 4 N–H and O–H groups in total. The van der Waals surface area contributed by atoms with Crippen molar-refractivity contribution in [2.45, 2.75) is 68.1 Å². The van der Waals surface area contributed by atoms with Crippen molar-refractivity contribution in [1.82, 2.24) is 0 Å². The number of fused-ring (bicyclic) bond motifs is 2. The number of ether oxygens (including phenoxy) is 5. The summed E-state index contributed by atoms with van der Waals surface area (Å²) in [5.41, 5.74) is 0. The van der Waals surface area contributed by atoms with E-state index in [-0.39, 0.29) is 6.61 Å². The van der Waals surface area contributed by atoms with E-state index in [2.05, 4.69) is 8.37 Å². The summed E-state index contributed by atoms with van der Waals surface area (Å²) in [4.78, 5) is 0. The van der Waals surface area contributed by atoms with E-state index < -0.39 is 88.6 Å². The van der Waals surface area contributed by atoms with E-state index in [1.807, 2.05) is 0 Å². The molecule has 0 spiro atoms. The van der Waals surface area contributed by atoms with Gasteiger partial charge in [0.2, 0.25) is 0 Å². The monoisotopic (exact) mass is 496 g/mol. The normalized spacial score (nSPS) is 43.8. The maximum atomic E-state index is 11.3. The van der Waals surface area contributed by atoms with Gasteiger partial charge in [0.1, 0.15) is 42.7 Å². The van der Waals surface area contributed by atoms with E-state index in [9.17, 15) is 27.0 Å².